The van der Waals surface area contributed by atoms with Crippen LogP contribution in [0.4, 0.5) is 20.2 Å². The summed E-state index contributed by atoms with van der Waals surface area (Å²) in [7, 11) is 1.65. The summed E-state index contributed by atoms with van der Waals surface area (Å²) >= 11 is 0. The van der Waals surface area contributed by atoms with Crippen LogP contribution in [0.5, 0.6) is 11.5 Å². The van der Waals surface area contributed by atoms with Crippen LogP contribution in [0.15, 0.2) is 54.6 Å². The molecule has 4 aromatic rings. The van der Waals surface area contributed by atoms with Gasteiger partial charge in [0.15, 0.2) is 5.79 Å². The van der Waals surface area contributed by atoms with Crippen LogP contribution in [0, 0.1) is 5.92 Å². The molecule has 1 spiro atoms. The summed E-state index contributed by atoms with van der Waals surface area (Å²) in [5.74, 6) is 0.105. The molecule has 4 atom stereocenters. The van der Waals surface area contributed by atoms with Gasteiger partial charge in [0.1, 0.15) is 24.1 Å². The van der Waals surface area contributed by atoms with E-state index in [1.807, 2.05) is 42.2 Å². The van der Waals surface area contributed by atoms with Crippen molar-refractivity contribution in [3.8, 4) is 11.5 Å². The number of rotatable bonds is 8. The molecular weight excluding hydrogens is 825 g/mol. The second-order valence-electron chi connectivity index (χ2n) is 18.7. The number of aromatic nitrogens is 1. The number of H-pyrrole nitrogens is 1. The molecule has 0 saturated carbocycles. The Balaban J connectivity index is 0.701. The van der Waals surface area contributed by atoms with Crippen LogP contribution in [-0.2, 0) is 32.0 Å². The van der Waals surface area contributed by atoms with Crippen LogP contribution >= 0.6 is 0 Å². The van der Waals surface area contributed by atoms with Crippen molar-refractivity contribution in [2.24, 2.45) is 5.92 Å². The first-order valence-corrected chi connectivity index (χ1v) is 22.8. The fourth-order valence-electron chi connectivity index (χ4n) is 11.6. The van der Waals surface area contributed by atoms with Gasteiger partial charge in [0.2, 0.25) is 11.8 Å². The number of hydrogen-bond donors (Lipinski definition) is 2. The third kappa shape index (κ3) is 7.17. The molecule has 2 N–H and O–H groups in total. The summed E-state index contributed by atoms with van der Waals surface area (Å²) in [5, 5.41) is 3.52. The summed E-state index contributed by atoms with van der Waals surface area (Å²) in [6, 6.07) is 17.2. The third-order valence-corrected chi connectivity index (χ3v) is 14.9. The number of methoxy groups -OCH3 is 1. The van der Waals surface area contributed by atoms with Crippen molar-refractivity contribution in [2.75, 3.05) is 82.5 Å². The van der Waals surface area contributed by atoms with E-state index in [4.69, 9.17) is 18.9 Å². The van der Waals surface area contributed by atoms with Crippen molar-refractivity contribution in [3.63, 3.8) is 0 Å². The van der Waals surface area contributed by atoms with Crippen LogP contribution < -0.4 is 24.6 Å². The number of carbonyl (C=O) groups excluding carboxylic acids is 3. The molecule has 0 unspecified atom stereocenters. The number of anilines is 2. The first kappa shape index (κ1) is 41.4. The van der Waals surface area contributed by atoms with Crippen molar-refractivity contribution in [2.45, 2.75) is 82.0 Å². The predicted octanol–water partition coefficient (Wildman–Crippen LogP) is 5.08. The zero-order valence-corrected chi connectivity index (χ0v) is 36.3. The maximum atomic E-state index is 14.1. The first-order chi connectivity index (χ1) is 31.1. The molecule has 4 saturated heterocycles. The Bertz CT molecular complexity index is 2480. The van der Waals surface area contributed by atoms with Gasteiger partial charge in [-0.15, -0.1) is 0 Å². The van der Waals surface area contributed by atoms with E-state index < -0.39 is 30.2 Å². The van der Waals surface area contributed by atoms with E-state index in [1.165, 1.54) is 5.56 Å². The largest absolute Gasteiger partial charge is 0.496 e. The number of benzene rings is 3. The van der Waals surface area contributed by atoms with E-state index in [9.17, 15) is 23.2 Å². The Morgan fingerprint density at radius 1 is 0.938 bits per heavy atom. The minimum absolute atomic E-state index is 0.0844. The van der Waals surface area contributed by atoms with Gasteiger partial charge in [-0.05, 0) is 49.6 Å². The molecule has 64 heavy (non-hydrogen) atoms. The Hall–Kier alpha value is -5.29. The summed E-state index contributed by atoms with van der Waals surface area (Å²) < 4.78 is 53.8. The molecule has 1 aromatic heterocycles. The molecule has 0 bridgehead atoms. The number of piperazine rings is 1. The van der Waals surface area contributed by atoms with E-state index in [0.29, 0.717) is 44.0 Å². The Morgan fingerprint density at radius 2 is 1.75 bits per heavy atom. The smallest absolute Gasteiger partial charge is 0.255 e. The number of nitrogens with zero attached hydrogens (tertiary/aromatic N) is 5. The zero-order valence-electron chi connectivity index (χ0n) is 36.3. The van der Waals surface area contributed by atoms with Gasteiger partial charge in [0.05, 0.1) is 51.2 Å². The number of alkyl halides is 2. The molecule has 4 fully saturated rings. The quantitative estimate of drug-likeness (QED) is 0.230. The molecule has 8 heterocycles. The number of nitrogens with one attached hydrogen (secondary N) is 2. The van der Waals surface area contributed by atoms with Crippen LogP contribution in [0.3, 0.4) is 0 Å². The SMILES string of the molecule is COc1cc(N2CCC3(CC2)OCC(CN2CCN4c5ccc6c(c5OC[C@@H]4C2)CN([C@@H]2CCC(=O)NC2=O)C6=O)CO3)ccc1[C@@H]1c2[nH]c3ccccc3c2C[C@@H](C)N1CC(F)F. The van der Waals surface area contributed by atoms with Crippen LogP contribution in [0.25, 0.3) is 10.9 Å². The summed E-state index contributed by atoms with van der Waals surface area (Å²) in [6.07, 6.45) is 0.214. The molecule has 3 amide bonds. The van der Waals surface area contributed by atoms with E-state index >= 15 is 0 Å². The molecular formula is C48H55F2N7O7. The first-order valence-electron chi connectivity index (χ1n) is 22.8. The van der Waals surface area contributed by atoms with Crippen molar-refractivity contribution in [3.05, 3.63) is 82.5 Å². The number of para-hydroxylation sites is 1. The molecule has 3 aromatic carbocycles. The molecule has 11 rings (SSSR count). The van der Waals surface area contributed by atoms with Gasteiger partial charge in [0.25, 0.3) is 12.3 Å². The van der Waals surface area contributed by atoms with Crippen LogP contribution in [-0.4, -0.2) is 140 Å². The monoisotopic (exact) mass is 879 g/mol. The van der Waals surface area contributed by atoms with E-state index in [0.717, 1.165) is 97.0 Å². The maximum Gasteiger partial charge on any atom is 0.255 e. The van der Waals surface area contributed by atoms with Gasteiger partial charge in [-0.2, -0.15) is 0 Å². The number of ether oxygens (including phenoxy) is 4. The van der Waals surface area contributed by atoms with Crippen LogP contribution in [0.2, 0.25) is 0 Å². The Labute approximate surface area is 370 Å². The Kier molecular flexibility index (Phi) is 10.5. The summed E-state index contributed by atoms with van der Waals surface area (Å²) in [4.78, 5) is 52.0. The highest BCUT2D eigenvalue weighted by molar-refractivity contribution is 6.06. The highest BCUT2D eigenvalue weighted by Gasteiger charge is 2.45. The molecule has 7 aliphatic rings. The van der Waals surface area contributed by atoms with E-state index in [2.05, 4.69) is 49.3 Å². The van der Waals surface area contributed by atoms with Crippen molar-refractivity contribution >= 4 is 40.0 Å². The van der Waals surface area contributed by atoms with E-state index in [1.54, 1.807) is 12.0 Å². The van der Waals surface area contributed by atoms with Gasteiger partial charge < -0.3 is 38.6 Å². The average molecular weight is 880 g/mol. The van der Waals surface area contributed by atoms with Crippen molar-refractivity contribution < 1.29 is 42.1 Å². The predicted molar refractivity (Wildman–Crippen MR) is 234 cm³/mol. The molecule has 0 radical (unpaired) electrons. The molecule has 14 nitrogen and oxygen atoms in total. The average Bonchev–Trinajstić information content (AvgIpc) is 3.84. The minimum atomic E-state index is -2.47. The molecule has 7 aliphatic heterocycles. The minimum Gasteiger partial charge on any atom is -0.496 e. The standard InChI is InChI=1S/C48H55F2N7O7/c1-28-19-35-32-5-3-4-6-37(32)51-43(35)44(56(28)24-41(49)50)34-8-7-30(20-40(34)61-2)54-15-13-48(14-16-54)63-25-29(26-64-48)21-53-17-18-55-31(22-53)27-62-45-36-23-57(39-11-12-42(58)52-46(39)59)47(60)33(36)9-10-38(45)55/h3-10,20,28-29,31,39,41,44,51H,11-19,21-27H2,1-2H3,(H,52,58,59)/t28-,31+,39-,44-/m1/s1. The fraction of sp³-hybridized carbons (Fsp3) is 0.521. The lowest BCUT2D eigenvalue weighted by molar-refractivity contribution is -0.291. The van der Waals surface area contributed by atoms with Crippen molar-refractivity contribution in [1.82, 2.24) is 25.0 Å². The van der Waals surface area contributed by atoms with Gasteiger partial charge in [-0.3, -0.25) is 29.5 Å². The van der Waals surface area contributed by atoms with Crippen LogP contribution in [0.1, 0.15) is 71.4 Å². The number of piperidine rings is 2. The normalized spacial score (nSPS) is 26.2. The molecule has 338 valence electrons. The number of imide groups is 1. The maximum absolute atomic E-state index is 14.1. The highest BCUT2D eigenvalue weighted by atomic mass is 19.3. The Morgan fingerprint density at radius 3 is 2.53 bits per heavy atom. The number of carbonyl (C=O) groups is 3. The topological polar surface area (TPSA) is 132 Å². The van der Waals surface area contributed by atoms with Gasteiger partial charge >= 0.3 is 0 Å². The molecule has 0 aliphatic carbocycles. The lowest BCUT2D eigenvalue weighted by atomic mass is 9.88. The lowest BCUT2D eigenvalue weighted by Crippen LogP contribution is -2.59. The van der Waals surface area contributed by atoms with Gasteiger partial charge in [-0.1, -0.05) is 24.3 Å². The summed E-state index contributed by atoms with van der Waals surface area (Å²) in [6.45, 7) is 8.63. The second-order valence-corrected chi connectivity index (χ2v) is 18.7. The zero-order chi connectivity index (χ0) is 43.9. The third-order valence-electron chi connectivity index (χ3n) is 14.9. The number of halogens is 2. The molecule has 16 heteroatoms. The van der Waals surface area contributed by atoms with Crippen molar-refractivity contribution in [1.29, 1.82) is 0 Å². The summed E-state index contributed by atoms with van der Waals surface area (Å²) in [5.41, 5.74) is 7.40. The number of aromatic amines is 1. The number of hydrogen-bond acceptors (Lipinski definition) is 11. The van der Waals surface area contributed by atoms with E-state index in [-0.39, 0.29) is 49.3 Å². The number of amides is 3. The van der Waals surface area contributed by atoms with Gasteiger partial charge in [-0.25, -0.2) is 8.78 Å². The lowest BCUT2D eigenvalue weighted by Gasteiger charge is -2.48. The fourth-order valence-corrected chi connectivity index (χ4v) is 11.6. The number of fused-ring (bicyclic) bond motifs is 8. The second kappa shape index (κ2) is 16.3. The van der Waals surface area contributed by atoms with Gasteiger partial charge in [0, 0.05) is 116 Å². The highest BCUT2D eigenvalue weighted by Crippen LogP contribution is 2.46.